The van der Waals surface area contributed by atoms with Gasteiger partial charge in [-0.05, 0) is 73.2 Å². The molecule has 6 heteroatoms. The van der Waals surface area contributed by atoms with Crippen LogP contribution in [0.4, 0.5) is 0 Å². The molecular weight excluding hydrogens is 442 g/mol. The maximum atomic E-state index is 13.9. The lowest BCUT2D eigenvalue weighted by Crippen LogP contribution is -2.29. The molecule has 1 atom stereocenters. The van der Waals surface area contributed by atoms with Crippen molar-refractivity contribution in [1.82, 2.24) is 4.90 Å². The van der Waals surface area contributed by atoms with E-state index >= 15 is 0 Å². The molecule has 0 N–H and O–H groups in total. The number of carbonyl (C=O) groups is 1. The Labute approximate surface area is 204 Å². The van der Waals surface area contributed by atoms with E-state index in [1.165, 1.54) is 0 Å². The number of amides is 1. The molecule has 35 heavy (non-hydrogen) atoms. The maximum absolute atomic E-state index is 13.9. The van der Waals surface area contributed by atoms with Crippen molar-refractivity contribution in [2.45, 2.75) is 46.7 Å². The van der Waals surface area contributed by atoms with E-state index in [9.17, 15) is 9.59 Å². The van der Waals surface area contributed by atoms with Gasteiger partial charge in [-0.15, -0.1) is 0 Å². The summed E-state index contributed by atoms with van der Waals surface area (Å²) in [6.07, 6.45) is 2.51. The van der Waals surface area contributed by atoms with Crippen LogP contribution in [0.3, 0.4) is 0 Å². The number of carbonyl (C=O) groups excluding carboxylic acids is 1. The van der Waals surface area contributed by atoms with Crippen molar-refractivity contribution >= 4 is 16.9 Å². The summed E-state index contributed by atoms with van der Waals surface area (Å²) in [7, 11) is 0. The first-order valence-corrected chi connectivity index (χ1v) is 12.0. The highest BCUT2D eigenvalue weighted by atomic mass is 16.5. The lowest BCUT2D eigenvalue weighted by atomic mass is 9.96. The molecule has 6 nitrogen and oxygen atoms in total. The van der Waals surface area contributed by atoms with Gasteiger partial charge >= 0.3 is 0 Å². The zero-order chi connectivity index (χ0) is 24.7. The second-order valence-corrected chi connectivity index (χ2v) is 9.65. The fourth-order valence-corrected chi connectivity index (χ4v) is 4.78. The molecule has 1 aliphatic heterocycles. The maximum Gasteiger partial charge on any atom is 0.291 e. The lowest BCUT2D eigenvalue weighted by molar-refractivity contribution is 0.0701. The molecule has 0 aliphatic carbocycles. The van der Waals surface area contributed by atoms with Gasteiger partial charge in [0, 0.05) is 0 Å². The molecule has 5 rings (SSSR count). The second kappa shape index (κ2) is 9.10. The molecule has 0 bridgehead atoms. The Kier molecular flexibility index (Phi) is 5.97. The number of fused-ring (bicyclic) bond motifs is 2. The molecule has 0 saturated heterocycles. The molecule has 1 aliphatic rings. The topological polar surface area (TPSA) is 72.9 Å². The molecule has 0 radical (unpaired) electrons. The quantitative estimate of drug-likeness (QED) is 0.322. The molecule has 0 spiro atoms. The average molecular weight is 472 g/mol. The Bertz CT molecular complexity index is 1450. The standard InChI is InChI=1S/C29H29NO5/c1-17(2)10-12-34-21-8-5-7-20(15-21)26-25-27(31)24-19(4)13-18(3)14-23(24)35-28(25)29(32)30(26)16-22-9-6-11-33-22/h5-9,11,13-15,17,26H,10,12,16H2,1-4H3. The van der Waals surface area contributed by atoms with Gasteiger partial charge in [-0.25, -0.2) is 0 Å². The Morgan fingerprint density at radius 1 is 1.06 bits per heavy atom. The normalized spacial score (nSPS) is 15.3. The summed E-state index contributed by atoms with van der Waals surface area (Å²) in [5.41, 5.74) is 3.22. The van der Waals surface area contributed by atoms with Crippen molar-refractivity contribution < 1.29 is 18.4 Å². The minimum Gasteiger partial charge on any atom is -0.494 e. The van der Waals surface area contributed by atoms with Gasteiger partial charge in [0.05, 0.1) is 36.4 Å². The zero-order valence-electron chi connectivity index (χ0n) is 20.5. The number of rotatable bonds is 7. The van der Waals surface area contributed by atoms with E-state index in [1.54, 1.807) is 17.2 Å². The van der Waals surface area contributed by atoms with Crippen LogP contribution in [0.2, 0.25) is 0 Å². The van der Waals surface area contributed by atoms with Crippen LogP contribution in [0.1, 0.15) is 64.9 Å². The fraction of sp³-hybridized carbons (Fsp3) is 0.310. The predicted molar refractivity (Wildman–Crippen MR) is 134 cm³/mol. The Morgan fingerprint density at radius 3 is 2.63 bits per heavy atom. The van der Waals surface area contributed by atoms with Gasteiger partial charge in [-0.2, -0.15) is 0 Å². The average Bonchev–Trinajstić information content (AvgIpc) is 3.41. The van der Waals surface area contributed by atoms with E-state index in [1.807, 2.05) is 56.3 Å². The largest absolute Gasteiger partial charge is 0.494 e. The number of hydrogen-bond acceptors (Lipinski definition) is 5. The highest BCUT2D eigenvalue weighted by Crippen LogP contribution is 2.40. The molecule has 0 saturated carbocycles. The summed E-state index contributed by atoms with van der Waals surface area (Å²) in [5.74, 6) is 1.63. The first-order chi connectivity index (χ1) is 16.8. The van der Waals surface area contributed by atoms with E-state index in [4.69, 9.17) is 13.6 Å². The fourth-order valence-electron chi connectivity index (χ4n) is 4.78. The lowest BCUT2D eigenvalue weighted by Gasteiger charge is -2.24. The number of hydrogen-bond donors (Lipinski definition) is 0. The van der Waals surface area contributed by atoms with Crippen molar-refractivity contribution in [3.8, 4) is 5.75 Å². The molecular formula is C29H29NO5. The van der Waals surface area contributed by atoms with Crippen LogP contribution < -0.4 is 10.2 Å². The summed E-state index contributed by atoms with van der Waals surface area (Å²) in [6.45, 7) is 8.96. The summed E-state index contributed by atoms with van der Waals surface area (Å²) < 4.78 is 17.7. The minimum atomic E-state index is -0.613. The Hall–Kier alpha value is -3.80. The van der Waals surface area contributed by atoms with Gasteiger partial charge in [-0.1, -0.05) is 32.0 Å². The van der Waals surface area contributed by atoms with Crippen LogP contribution in [-0.2, 0) is 6.54 Å². The third-order valence-corrected chi connectivity index (χ3v) is 6.46. The molecule has 180 valence electrons. The molecule has 2 aromatic heterocycles. The van der Waals surface area contributed by atoms with Gasteiger partial charge in [0.1, 0.15) is 17.1 Å². The van der Waals surface area contributed by atoms with E-state index < -0.39 is 6.04 Å². The SMILES string of the molecule is Cc1cc(C)c2c(=O)c3c(oc2c1)C(=O)N(Cc1ccco1)C3c1cccc(OCCC(C)C)c1. The van der Waals surface area contributed by atoms with Gasteiger partial charge in [0.2, 0.25) is 5.76 Å². The van der Waals surface area contributed by atoms with Crippen LogP contribution in [0, 0.1) is 19.8 Å². The highest BCUT2D eigenvalue weighted by Gasteiger charge is 2.43. The number of aryl methyl sites for hydroxylation is 2. The first kappa shape index (κ1) is 23.0. The van der Waals surface area contributed by atoms with Gasteiger partial charge in [0.25, 0.3) is 5.91 Å². The van der Waals surface area contributed by atoms with Crippen LogP contribution in [0.15, 0.2) is 68.4 Å². The molecule has 2 aromatic carbocycles. The molecule has 4 aromatic rings. The van der Waals surface area contributed by atoms with Crippen molar-refractivity contribution in [2.24, 2.45) is 5.92 Å². The summed E-state index contributed by atoms with van der Waals surface area (Å²) in [6, 6.07) is 14.4. The number of furan rings is 1. The van der Waals surface area contributed by atoms with Crippen LogP contribution >= 0.6 is 0 Å². The van der Waals surface area contributed by atoms with Crippen molar-refractivity contribution in [2.75, 3.05) is 6.61 Å². The Balaban J connectivity index is 1.65. The number of nitrogens with zero attached hydrogens (tertiary/aromatic N) is 1. The van der Waals surface area contributed by atoms with E-state index in [2.05, 4.69) is 13.8 Å². The van der Waals surface area contributed by atoms with E-state index in [0.717, 1.165) is 23.1 Å². The van der Waals surface area contributed by atoms with Crippen LogP contribution in [0.5, 0.6) is 5.75 Å². The van der Waals surface area contributed by atoms with Crippen molar-refractivity contribution in [3.05, 3.63) is 98.8 Å². The molecule has 1 unspecified atom stereocenters. The van der Waals surface area contributed by atoms with Gasteiger partial charge in [-0.3, -0.25) is 9.59 Å². The molecule has 3 heterocycles. The van der Waals surface area contributed by atoms with E-state index in [-0.39, 0.29) is 23.6 Å². The predicted octanol–water partition coefficient (Wildman–Crippen LogP) is 6.17. The third kappa shape index (κ3) is 4.25. The van der Waals surface area contributed by atoms with Gasteiger partial charge in [0.15, 0.2) is 5.43 Å². The van der Waals surface area contributed by atoms with E-state index in [0.29, 0.717) is 40.6 Å². The van der Waals surface area contributed by atoms with Crippen LogP contribution in [0.25, 0.3) is 11.0 Å². The number of benzene rings is 2. The Morgan fingerprint density at radius 2 is 1.89 bits per heavy atom. The molecule has 1 amide bonds. The first-order valence-electron chi connectivity index (χ1n) is 12.0. The zero-order valence-corrected chi connectivity index (χ0v) is 20.5. The second-order valence-electron chi connectivity index (χ2n) is 9.65. The van der Waals surface area contributed by atoms with Crippen molar-refractivity contribution in [1.29, 1.82) is 0 Å². The smallest absolute Gasteiger partial charge is 0.291 e. The summed E-state index contributed by atoms with van der Waals surface area (Å²) >= 11 is 0. The van der Waals surface area contributed by atoms with Gasteiger partial charge < -0.3 is 18.5 Å². The monoisotopic (exact) mass is 471 g/mol. The van der Waals surface area contributed by atoms with Crippen LogP contribution in [-0.4, -0.2) is 17.4 Å². The summed E-state index contributed by atoms with van der Waals surface area (Å²) in [4.78, 5) is 29.1. The minimum absolute atomic E-state index is 0.0928. The summed E-state index contributed by atoms with van der Waals surface area (Å²) in [5, 5.41) is 0.510. The molecule has 0 fully saturated rings. The highest BCUT2D eigenvalue weighted by molar-refractivity contribution is 5.99. The number of ether oxygens (including phenoxy) is 1. The third-order valence-electron chi connectivity index (χ3n) is 6.46. The van der Waals surface area contributed by atoms with Crippen molar-refractivity contribution in [3.63, 3.8) is 0 Å².